The Balaban J connectivity index is 2.23. The molecule has 2 rings (SSSR count). The highest BCUT2D eigenvalue weighted by Crippen LogP contribution is 2.12. The molecule has 0 saturated heterocycles. The third-order valence-electron chi connectivity index (χ3n) is 2.45. The Kier molecular flexibility index (Phi) is 3.56. The molecule has 1 aromatic carbocycles. The van der Waals surface area contributed by atoms with E-state index in [0.29, 0.717) is 11.0 Å². The van der Waals surface area contributed by atoms with Crippen molar-refractivity contribution >= 4 is 28.8 Å². The number of nitrogens with one attached hydrogen (secondary N) is 1. The molecule has 1 atom stereocenters. The fourth-order valence-electron chi connectivity index (χ4n) is 1.58. The summed E-state index contributed by atoms with van der Waals surface area (Å²) < 4.78 is 0. The van der Waals surface area contributed by atoms with Crippen molar-refractivity contribution in [3.63, 3.8) is 0 Å². The van der Waals surface area contributed by atoms with Gasteiger partial charge in [-0.2, -0.15) is 0 Å². The lowest BCUT2D eigenvalue weighted by Gasteiger charge is -2.12. The molecule has 7 heteroatoms. The second-order valence-electron chi connectivity index (χ2n) is 3.88. The SMILES string of the molecule is O=C(O)CC(Nc1cnc2ccccc2n1)C(=O)O. The summed E-state index contributed by atoms with van der Waals surface area (Å²) in [6.07, 6.45) is 0.837. The number of fused-ring (bicyclic) bond motifs is 1. The van der Waals surface area contributed by atoms with Crippen LogP contribution in [-0.2, 0) is 9.59 Å². The number of anilines is 1. The van der Waals surface area contributed by atoms with Crippen LogP contribution in [0.3, 0.4) is 0 Å². The Hall–Kier alpha value is -2.70. The quantitative estimate of drug-likeness (QED) is 0.735. The lowest BCUT2D eigenvalue weighted by Crippen LogP contribution is -2.32. The summed E-state index contributed by atoms with van der Waals surface area (Å²) in [7, 11) is 0. The van der Waals surface area contributed by atoms with Gasteiger partial charge in [-0.25, -0.2) is 9.78 Å². The first-order chi connectivity index (χ1) is 9.06. The standard InChI is InChI=1S/C12H11N3O4/c16-11(17)5-9(12(18)19)15-10-6-13-7-3-1-2-4-8(7)14-10/h1-4,6,9H,5H2,(H,14,15)(H,16,17)(H,18,19). The van der Waals surface area contributed by atoms with E-state index in [4.69, 9.17) is 10.2 Å². The maximum atomic E-state index is 10.9. The van der Waals surface area contributed by atoms with E-state index in [9.17, 15) is 9.59 Å². The first kappa shape index (κ1) is 12.7. The van der Waals surface area contributed by atoms with Crippen LogP contribution >= 0.6 is 0 Å². The van der Waals surface area contributed by atoms with E-state index >= 15 is 0 Å². The van der Waals surface area contributed by atoms with Gasteiger partial charge in [-0.15, -0.1) is 0 Å². The van der Waals surface area contributed by atoms with E-state index in [1.807, 2.05) is 6.07 Å². The van der Waals surface area contributed by atoms with Crippen molar-refractivity contribution < 1.29 is 19.8 Å². The number of aliphatic carboxylic acids is 2. The number of carboxylic acid groups (broad SMARTS) is 2. The van der Waals surface area contributed by atoms with E-state index in [2.05, 4.69) is 15.3 Å². The van der Waals surface area contributed by atoms with E-state index < -0.39 is 24.4 Å². The summed E-state index contributed by atoms with van der Waals surface area (Å²) in [5.74, 6) is -2.22. The topological polar surface area (TPSA) is 112 Å². The van der Waals surface area contributed by atoms with Crippen LogP contribution < -0.4 is 5.32 Å². The molecule has 1 aromatic heterocycles. The van der Waals surface area contributed by atoms with Crippen LogP contribution in [0.25, 0.3) is 11.0 Å². The van der Waals surface area contributed by atoms with Gasteiger partial charge in [0.05, 0.1) is 23.7 Å². The molecule has 1 heterocycles. The molecule has 3 N–H and O–H groups in total. The number of para-hydroxylation sites is 2. The molecular weight excluding hydrogens is 250 g/mol. The van der Waals surface area contributed by atoms with Crippen LogP contribution in [0, 0.1) is 0 Å². The minimum atomic E-state index is -1.25. The van der Waals surface area contributed by atoms with Gasteiger partial charge in [0.15, 0.2) is 0 Å². The van der Waals surface area contributed by atoms with Gasteiger partial charge in [-0.3, -0.25) is 9.78 Å². The molecule has 0 spiro atoms. The molecule has 0 saturated carbocycles. The lowest BCUT2D eigenvalue weighted by atomic mass is 10.2. The molecule has 7 nitrogen and oxygen atoms in total. The molecule has 0 bridgehead atoms. The Morgan fingerprint density at radius 2 is 1.89 bits per heavy atom. The monoisotopic (exact) mass is 261 g/mol. The van der Waals surface area contributed by atoms with Crippen molar-refractivity contribution in [1.29, 1.82) is 0 Å². The van der Waals surface area contributed by atoms with Crippen LogP contribution in [0.4, 0.5) is 5.82 Å². The van der Waals surface area contributed by atoms with Crippen molar-refractivity contribution in [2.75, 3.05) is 5.32 Å². The molecule has 0 amide bonds. The summed E-state index contributed by atoms with van der Waals surface area (Å²) in [6, 6.07) is 5.87. The van der Waals surface area contributed by atoms with Gasteiger partial charge < -0.3 is 15.5 Å². The lowest BCUT2D eigenvalue weighted by molar-refractivity contribution is -0.144. The van der Waals surface area contributed by atoms with E-state index in [1.165, 1.54) is 6.20 Å². The zero-order chi connectivity index (χ0) is 13.8. The third kappa shape index (κ3) is 3.15. The zero-order valence-corrected chi connectivity index (χ0v) is 9.78. The molecular formula is C12H11N3O4. The number of rotatable bonds is 5. The van der Waals surface area contributed by atoms with Crippen molar-refractivity contribution in [3.05, 3.63) is 30.5 Å². The first-order valence-electron chi connectivity index (χ1n) is 5.49. The molecule has 0 radical (unpaired) electrons. The molecule has 0 aliphatic rings. The van der Waals surface area contributed by atoms with Gasteiger partial charge in [-0.1, -0.05) is 12.1 Å². The summed E-state index contributed by atoms with van der Waals surface area (Å²) >= 11 is 0. The van der Waals surface area contributed by atoms with Crippen LogP contribution in [0.15, 0.2) is 30.5 Å². The predicted octanol–water partition coefficient (Wildman–Crippen LogP) is 0.970. The zero-order valence-electron chi connectivity index (χ0n) is 9.78. The number of aromatic nitrogens is 2. The van der Waals surface area contributed by atoms with Gasteiger partial charge in [0.1, 0.15) is 11.9 Å². The molecule has 1 unspecified atom stereocenters. The van der Waals surface area contributed by atoms with Gasteiger partial charge in [0, 0.05) is 0 Å². The average Bonchev–Trinajstić information content (AvgIpc) is 2.37. The molecule has 19 heavy (non-hydrogen) atoms. The molecule has 0 fully saturated rings. The number of benzene rings is 1. The third-order valence-corrected chi connectivity index (χ3v) is 2.45. The van der Waals surface area contributed by atoms with Gasteiger partial charge in [0.25, 0.3) is 0 Å². The Bertz CT molecular complexity index is 629. The second-order valence-corrected chi connectivity index (χ2v) is 3.88. The molecule has 2 aromatic rings. The first-order valence-corrected chi connectivity index (χ1v) is 5.49. The van der Waals surface area contributed by atoms with Crippen molar-refractivity contribution in [1.82, 2.24) is 9.97 Å². The molecule has 0 aliphatic heterocycles. The van der Waals surface area contributed by atoms with Gasteiger partial charge >= 0.3 is 11.9 Å². The highest BCUT2D eigenvalue weighted by atomic mass is 16.4. The van der Waals surface area contributed by atoms with Gasteiger partial charge in [-0.05, 0) is 12.1 Å². The summed E-state index contributed by atoms with van der Waals surface area (Å²) in [4.78, 5) is 29.8. The maximum Gasteiger partial charge on any atom is 0.326 e. The van der Waals surface area contributed by atoms with E-state index in [1.54, 1.807) is 18.2 Å². The van der Waals surface area contributed by atoms with Crippen LogP contribution in [0.1, 0.15) is 6.42 Å². The second kappa shape index (κ2) is 5.30. The van der Waals surface area contributed by atoms with Crippen LogP contribution in [0.2, 0.25) is 0 Å². The average molecular weight is 261 g/mol. The van der Waals surface area contributed by atoms with Crippen LogP contribution in [0.5, 0.6) is 0 Å². The van der Waals surface area contributed by atoms with E-state index in [0.717, 1.165) is 0 Å². The predicted molar refractivity (Wildman–Crippen MR) is 66.8 cm³/mol. The maximum absolute atomic E-state index is 10.9. The number of carbonyl (C=O) groups is 2. The molecule has 0 aliphatic carbocycles. The number of hydrogen-bond acceptors (Lipinski definition) is 5. The smallest absolute Gasteiger partial charge is 0.326 e. The van der Waals surface area contributed by atoms with Gasteiger partial charge in [0.2, 0.25) is 0 Å². The highest BCUT2D eigenvalue weighted by molar-refractivity contribution is 5.83. The summed E-state index contributed by atoms with van der Waals surface area (Å²) in [6.45, 7) is 0. The Labute approximate surface area is 107 Å². The number of carboxylic acids is 2. The van der Waals surface area contributed by atoms with Crippen LogP contribution in [-0.4, -0.2) is 38.2 Å². The minimum absolute atomic E-state index is 0.229. The van der Waals surface area contributed by atoms with E-state index in [-0.39, 0.29) is 5.82 Å². The van der Waals surface area contributed by atoms with Crippen molar-refractivity contribution in [2.24, 2.45) is 0 Å². The Morgan fingerprint density at radius 1 is 1.21 bits per heavy atom. The summed E-state index contributed by atoms with van der Waals surface area (Å²) in [5, 5.41) is 20.1. The highest BCUT2D eigenvalue weighted by Gasteiger charge is 2.21. The van der Waals surface area contributed by atoms with Crippen molar-refractivity contribution in [3.8, 4) is 0 Å². The van der Waals surface area contributed by atoms with Crippen molar-refractivity contribution in [2.45, 2.75) is 12.5 Å². The number of nitrogens with zero attached hydrogens (tertiary/aromatic N) is 2. The number of hydrogen-bond donors (Lipinski definition) is 3. The fourth-order valence-corrected chi connectivity index (χ4v) is 1.58. The normalized spacial score (nSPS) is 12.0. The minimum Gasteiger partial charge on any atom is -0.481 e. The summed E-state index contributed by atoms with van der Waals surface area (Å²) in [5.41, 5.74) is 1.28. The fraction of sp³-hybridized carbons (Fsp3) is 0.167. The molecule has 98 valence electrons. The largest absolute Gasteiger partial charge is 0.481 e. The Morgan fingerprint density at radius 3 is 2.53 bits per heavy atom.